The molecule has 0 radical (unpaired) electrons. The Bertz CT molecular complexity index is 208. The van der Waals surface area contributed by atoms with Crippen molar-refractivity contribution in [2.45, 2.75) is 63.1 Å². The monoisotopic (exact) mass is 289 g/mol. The van der Waals surface area contributed by atoms with Gasteiger partial charge in [0, 0.05) is 13.1 Å². The van der Waals surface area contributed by atoms with E-state index in [1.165, 1.54) is 38.5 Å². The molecule has 0 saturated carbocycles. The van der Waals surface area contributed by atoms with E-state index in [9.17, 15) is 4.79 Å². The number of hydrogen-bond acceptors (Lipinski definition) is 1. The number of hydrogen-bond donors (Lipinski definition) is 0. The SMILES string of the molecule is CCCCCCCCN1CCCC(Br)C1=O. The van der Waals surface area contributed by atoms with Crippen molar-refractivity contribution in [3.63, 3.8) is 0 Å². The highest BCUT2D eigenvalue weighted by atomic mass is 79.9. The van der Waals surface area contributed by atoms with Crippen molar-refractivity contribution in [3.8, 4) is 0 Å². The number of halogens is 1. The van der Waals surface area contributed by atoms with E-state index < -0.39 is 0 Å². The summed E-state index contributed by atoms with van der Waals surface area (Å²) in [5, 5.41) is 0. The molecule has 1 fully saturated rings. The summed E-state index contributed by atoms with van der Waals surface area (Å²) in [5.74, 6) is 0.305. The average molecular weight is 290 g/mol. The molecular formula is C13H24BrNO. The first-order valence-corrected chi connectivity index (χ1v) is 7.60. The Balaban J connectivity index is 2.05. The Hall–Kier alpha value is -0.0500. The molecule has 3 heteroatoms. The lowest BCUT2D eigenvalue weighted by atomic mass is 10.1. The molecule has 1 rings (SSSR count). The molecule has 1 atom stereocenters. The molecule has 16 heavy (non-hydrogen) atoms. The van der Waals surface area contributed by atoms with Crippen LogP contribution in [0, 0.1) is 0 Å². The largest absolute Gasteiger partial charge is 0.342 e. The highest BCUT2D eigenvalue weighted by molar-refractivity contribution is 9.10. The van der Waals surface area contributed by atoms with E-state index in [2.05, 4.69) is 22.9 Å². The first-order valence-electron chi connectivity index (χ1n) is 6.68. The van der Waals surface area contributed by atoms with Crippen molar-refractivity contribution < 1.29 is 4.79 Å². The van der Waals surface area contributed by atoms with Gasteiger partial charge in [0.25, 0.3) is 0 Å². The van der Waals surface area contributed by atoms with E-state index in [0.29, 0.717) is 5.91 Å². The maximum absolute atomic E-state index is 11.8. The van der Waals surface area contributed by atoms with Crippen LogP contribution < -0.4 is 0 Å². The van der Waals surface area contributed by atoms with Crippen LogP contribution in [0.15, 0.2) is 0 Å². The third kappa shape index (κ3) is 4.86. The molecule has 1 amide bonds. The van der Waals surface area contributed by atoms with Crippen molar-refractivity contribution in [2.75, 3.05) is 13.1 Å². The van der Waals surface area contributed by atoms with E-state index in [1.54, 1.807) is 0 Å². The van der Waals surface area contributed by atoms with Crippen LogP contribution in [0.4, 0.5) is 0 Å². The standard InChI is InChI=1S/C13H24BrNO/c1-2-3-4-5-6-7-10-15-11-8-9-12(14)13(15)16/h12H,2-11H2,1H3. The maximum Gasteiger partial charge on any atom is 0.236 e. The highest BCUT2D eigenvalue weighted by Gasteiger charge is 2.25. The number of nitrogens with zero attached hydrogens (tertiary/aromatic N) is 1. The summed E-state index contributed by atoms with van der Waals surface area (Å²) < 4.78 is 0. The van der Waals surface area contributed by atoms with Crippen molar-refractivity contribution in [1.29, 1.82) is 0 Å². The number of likely N-dealkylation sites (tertiary alicyclic amines) is 1. The Kier molecular flexibility index (Phi) is 7.10. The van der Waals surface area contributed by atoms with E-state index in [0.717, 1.165) is 25.9 Å². The van der Waals surface area contributed by atoms with E-state index in [4.69, 9.17) is 0 Å². The smallest absolute Gasteiger partial charge is 0.236 e. The summed E-state index contributed by atoms with van der Waals surface area (Å²) in [6.07, 6.45) is 9.94. The molecule has 1 saturated heterocycles. The van der Waals surface area contributed by atoms with Crippen molar-refractivity contribution in [1.82, 2.24) is 4.90 Å². The van der Waals surface area contributed by atoms with Gasteiger partial charge in [-0.1, -0.05) is 55.0 Å². The van der Waals surface area contributed by atoms with Gasteiger partial charge in [0.2, 0.25) is 5.91 Å². The van der Waals surface area contributed by atoms with E-state index in [1.807, 2.05) is 4.90 Å². The van der Waals surface area contributed by atoms with Crippen molar-refractivity contribution in [2.24, 2.45) is 0 Å². The minimum atomic E-state index is 0.0846. The second kappa shape index (κ2) is 8.10. The molecule has 0 aliphatic carbocycles. The number of amides is 1. The van der Waals surface area contributed by atoms with Crippen molar-refractivity contribution in [3.05, 3.63) is 0 Å². The minimum Gasteiger partial charge on any atom is -0.342 e. The Morgan fingerprint density at radius 3 is 2.69 bits per heavy atom. The summed E-state index contributed by atoms with van der Waals surface area (Å²) >= 11 is 3.45. The van der Waals surface area contributed by atoms with Crippen LogP contribution in [0.5, 0.6) is 0 Å². The molecule has 0 N–H and O–H groups in total. The Morgan fingerprint density at radius 1 is 1.25 bits per heavy atom. The van der Waals surface area contributed by atoms with Gasteiger partial charge >= 0.3 is 0 Å². The molecule has 94 valence electrons. The number of carbonyl (C=O) groups excluding carboxylic acids is 1. The second-order valence-corrected chi connectivity index (χ2v) is 5.81. The molecule has 0 aromatic heterocycles. The topological polar surface area (TPSA) is 20.3 Å². The van der Waals surface area contributed by atoms with Gasteiger partial charge in [-0.25, -0.2) is 0 Å². The predicted molar refractivity (Wildman–Crippen MR) is 71.9 cm³/mol. The molecule has 1 aliphatic rings. The van der Waals surface area contributed by atoms with Gasteiger partial charge < -0.3 is 4.90 Å². The molecule has 0 spiro atoms. The molecule has 2 nitrogen and oxygen atoms in total. The number of rotatable bonds is 7. The van der Waals surface area contributed by atoms with Crippen LogP contribution in [0.1, 0.15) is 58.3 Å². The molecule has 0 bridgehead atoms. The average Bonchev–Trinajstić information content (AvgIpc) is 2.29. The third-order valence-electron chi connectivity index (χ3n) is 3.25. The third-order valence-corrected chi connectivity index (χ3v) is 4.10. The lowest BCUT2D eigenvalue weighted by molar-refractivity contribution is -0.132. The summed E-state index contributed by atoms with van der Waals surface area (Å²) in [6, 6.07) is 0. The minimum absolute atomic E-state index is 0.0846. The molecule has 0 aromatic rings. The van der Waals surface area contributed by atoms with Gasteiger partial charge in [0.1, 0.15) is 0 Å². The normalized spacial score (nSPS) is 21.5. The maximum atomic E-state index is 11.8. The zero-order valence-corrected chi connectivity index (χ0v) is 12.0. The lowest BCUT2D eigenvalue weighted by Gasteiger charge is -2.29. The van der Waals surface area contributed by atoms with Crippen LogP contribution in [0.25, 0.3) is 0 Å². The fourth-order valence-electron chi connectivity index (χ4n) is 2.20. The number of carbonyl (C=O) groups is 1. The van der Waals surface area contributed by atoms with Gasteiger partial charge in [-0.3, -0.25) is 4.79 Å². The molecule has 1 heterocycles. The summed E-state index contributed by atoms with van der Waals surface area (Å²) in [4.78, 5) is 13.9. The van der Waals surface area contributed by atoms with Crippen LogP contribution >= 0.6 is 15.9 Å². The lowest BCUT2D eigenvalue weighted by Crippen LogP contribution is -2.42. The first-order chi connectivity index (χ1) is 7.75. The Morgan fingerprint density at radius 2 is 1.94 bits per heavy atom. The number of piperidine rings is 1. The molecule has 1 unspecified atom stereocenters. The zero-order valence-electron chi connectivity index (χ0n) is 10.4. The van der Waals surface area contributed by atoms with Crippen LogP contribution in [0.2, 0.25) is 0 Å². The van der Waals surface area contributed by atoms with Crippen LogP contribution in [-0.4, -0.2) is 28.7 Å². The summed E-state index contributed by atoms with van der Waals surface area (Å²) in [6.45, 7) is 4.17. The fraction of sp³-hybridized carbons (Fsp3) is 0.923. The predicted octanol–water partition coefficient (Wildman–Crippen LogP) is 3.73. The van der Waals surface area contributed by atoms with Gasteiger partial charge in [0.15, 0.2) is 0 Å². The zero-order chi connectivity index (χ0) is 11.8. The van der Waals surface area contributed by atoms with Crippen LogP contribution in [0.3, 0.4) is 0 Å². The molecule has 1 aliphatic heterocycles. The van der Waals surface area contributed by atoms with Gasteiger partial charge in [0.05, 0.1) is 4.83 Å². The number of unbranched alkanes of at least 4 members (excludes halogenated alkanes) is 5. The van der Waals surface area contributed by atoms with Crippen LogP contribution in [-0.2, 0) is 4.79 Å². The number of alkyl halides is 1. The highest BCUT2D eigenvalue weighted by Crippen LogP contribution is 2.19. The first kappa shape index (κ1) is 14.0. The van der Waals surface area contributed by atoms with E-state index >= 15 is 0 Å². The van der Waals surface area contributed by atoms with E-state index in [-0.39, 0.29) is 4.83 Å². The second-order valence-electron chi connectivity index (χ2n) is 4.70. The van der Waals surface area contributed by atoms with Gasteiger partial charge in [-0.05, 0) is 19.3 Å². The molecule has 0 aromatic carbocycles. The summed E-state index contributed by atoms with van der Waals surface area (Å²) in [5.41, 5.74) is 0. The van der Waals surface area contributed by atoms with Gasteiger partial charge in [-0.15, -0.1) is 0 Å². The summed E-state index contributed by atoms with van der Waals surface area (Å²) in [7, 11) is 0. The quantitative estimate of drug-likeness (QED) is 0.517. The molecular weight excluding hydrogens is 266 g/mol. The Labute approximate surface area is 108 Å². The fourth-order valence-corrected chi connectivity index (χ4v) is 2.81. The van der Waals surface area contributed by atoms with Crippen molar-refractivity contribution >= 4 is 21.8 Å². The van der Waals surface area contributed by atoms with Gasteiger partial charge in [-0.2, -0.15) is 0 Å².